The van der Waals surface area contributed by atoms with E-state index in [1.54, 1.807) is 0 Å². The Morgan fingerprint density at radius 2 is 1.65 bits per heavy atom. The lowest BCUT2D eigenvalue weighted by molar-refractivity contribution is -0.131. The number of aryl methyl sites for hydroxylation is 1. The summed E-state index contributed by atoms with van der Waals surface area (Å²) in [5.41, 5.74) is 3.88. The highest BCUT2D eigenvalue weighted by Gasteiger charge is 2.27. The number of piperazine rings is 1. The standard InChI is InChI=1S/C25H26N4O2/c1-2-29-22-10-6-3-7-18(22)15-23(29)25(31)28-13-11-27(12-14-28)24(30)16-19-17-26-21-9-5-4-8-20(19)21/h3-10,15,17,26H,2,11-14,16H2,1H3. The van der Waals surface area contributed by atoms with Gasteiger partial charge in [0.25, 0.3) is 5.91 Å². The summed E-state index contributed by atoms with van der Waals surface area (Å²) < 4.78 is 2.08. The van der Waals surface area contributed by atoms with Gasteiger partial charge in [-0.2, -0.15) is 0 Å². The van der Waals surface area contributed by atoms with Crippen LogP contribution >= 0.6 is 0 Å². The van der Waals surface area contributed by atoms with E-state index in [0.29, 0.717) is 32.6 Å². The molecular formula is C25H26N4O2. The number of H-pyrrole nitrogens is 1. The second kappa shape index (κ2) is 7.95. The molecule has 0 spiro atoms. The highest BCUT2D eigenvalue weighted by Crippen LogP contribution is 2.22. The fraction of sp³-hybridized carbons (Fsp3) is 0.280. The number of benzene rings is 2. The molecule has 4 aromatic rings. The lowest BCUT2D eigenvalue weighted by atomic mass is 10.1. The molecule has 6 heteroatoms. The predicted molar refractivity (Wildman–Crippen MR) is 122 cm³/mol. The van der Waals surface area contributed by atoms with E-state index in [-0.39, 0.29) is 11.8 Å². The first-order valence-corrected chi connectivity index (χ1v) is 10.9. The van der Waals surface area contributed by atoms with Crippen LogP contribution in [0.2, 0.25) is 0 Å². The Morgan fingerprint density at radius 1 is 0.935 bits per heavy atom. The molecule has 2 amide bonds. The van der Waals surface area contributed by atoms with Gasteiger partial charge in [-0.05, 0) is 30.7 Å². The Labute approximate surface area is 181 Å². The zero-order valence-electron chi connectivity index (χ0n) is 17.7. The third kappa shape index (κ3) is 3.48. The van der Waals surface area contributed by atoms with E-state index in [1.165, 1.54) is 0 Å². The number of nitrogens with zero attached hydrogens (tertiary/aromatic N) is 3. The molecule has 0 bridgehead atoms. The van der Waals surface area contributed by atoms with Crippen molar-refractivity contribution in [3.05, 3.63) is 72.1 Å². The molecular weight excluding hydrogens is 388 g/mol. The van der Waals surface area contributed by atoms with Gasteiger partial charge < -0.3 is 19.4 Å². The van der Waals surface area contributed by atoms with Gasteiger partial charge in [-0.3, -0.25) is 9.59 Å². The second-order valence-corrected chi connectivity index (χ2v) is 8.04. The first-order chi connectivity index (χ1) is 15.2. The van der Waals surface area contributed by atoms with Crippen LogP contribution in [0, 0.1) is 0 Å². The highest BCUT2D eigenvalue weighted by molar-refractivity contribution is 5.99. The van der Waals surface area contributed by atoms with E-state index in [2.05, 4.69) is 22.5 Å². The summed E-state index contributed by atoms with van der Waals surface area (Å²) in [7, 11) is 0. The van der Waals surface area contributed by atoms with Crippen LogP contribution in [0.3, 0.4) is 0 Å². The topological polar surface area (TPSA) is 61.3 Å². The van der Waals surface area contributed by atoms with Gasteiger partial charge in [-0.15, -0.1) is 0 Å². The summed E-state index contributed by atoms with van der Waals surface area (Å²) in [6.45, 7) is 5.06. The molecule has 0 unspecified atom stereocenters. The van der Waals surface area contributed by atoms with Gasteiger partial charge >= 0.3 is 0 Å². The Hall–Kier alpha value is -3.54. The minimum Gasteiger partial charge on any atom is -0.361 e. The normalized spacial score (nSPS) is 14.5. The summed E-state index contributed by atoms with van der Waals surface area (Å²) in [5.74, 6) is 0.154. The van der Waals surface area contributed by atoms with Crippen LogP contribution in [0.4, 0.5) is 0 Å². The number of fused-ring (bicyclic) bond motifs is 2. The Balaban J connectivity index is 1.26. The molecule has 6 nitrogen and oxygen atoms in total. The van der Waals surface area contributed by atoms with E-state index in [4.69, 9.17) is 0 Å². The molecule has 5 rings (SSSR count). The SMILES string of the molecule is CCn1c(C(=O)N2CCN(C(=O)Cc3c[nH]c4ccccc34)CC2)cc2ccccc21. The zero-order valence-corrected chi connectivity index (χ0v) is 17.7. The Morgan fingerprint density at radius 3 is 2.45 bits per heavy atom. The Kier molecular flexibility index (Phi) is 4.98. The monoisotopic (exact) mass is 414 g/mol. The first kappa shape index (κ1) is 19.4. The fourth-order valence-electron chi connectivity index (χ4n) is 4.60. The van der Waals surface area contributed by atoms with Crippen molar-refractivity contribution in [2.45, 2.75) is 19.9 Å². The van der Waals surface area contributed by atoms with Gasteiger partial charge in [0.2, 0.25) is 5.91 Å². The Bertz CT molecular complexity index is 1260. The van der Waals surface area contributed by atoms with E-state index in [0.717, 1.165) is 39.6 Å². The molecule has 1 saturated heterocycles. The third-order valence-corrected chi connectivity index (χ3v) is 6.28. The number of nitrogens with one attached hydrogen (secondary N) is 1. The predicted octanol–water partition coefficient (Wildman–Crippen LogP) is 3.67. The molecule has 3 heterocycles. The van der Waals surface area contributed by atoms with Crippen molar-refractivity contribution >= 4 is 33.6 Å². The van der Waals surface area contributed by atoms with Crippen LogP contribution in [0.15, 0.2) is 60.8 Å². The molecule has 0 radical (unpaired) electrons. The summed E-state index contributed by atoms with van der Waals surface area (Å²) in [5, 5.41) is 2.18. The van der Waals surface area contributed by atoms with E-state index < -0.39 is 0 Å². The molecule has 158 valence electrons. The van der Waals surface area contributed by atoms with Crippen molar-refractivity contribution < 1.29 is 9.59 Å². The average Bonchev–Trinajstić information content (AvgIpc) is 3.40. The smallest absolute Gasteiger partial charge is 0.270 e. The molecule has 1 fully saturated rings. The van der Waals surface area contributed by atoms with Gasteiger partial charge in [-0.1, -0.05) is 36.4 Å². The third-order valence-electron chi connectivity index (χ3n) is 6.28. The number of carbonyl (C=O) groups excluding carboxylic acids is 2. The van der Waals surface area contributed by atoms with Gasteiger partial charge in [0.1, 0.15) is 5.69 Å². The minimum absolute atomic E-state index is 0.0433. The number of aromatic amines is 1. The summed E-state index contributed by atoms with van der Waals surface area (Å²) >= 11 is 0. The van der Waals surface area contributed by atoms with Gasteiger partial charge in [-0.25, -0.2) is 0 Å². The maximum absolute atomic E-state index is 13.2. The summed E-state index contributed by atoms with van der Waals surface area (Å²) in [6, 6.07) is 18.1. The number of aromatic nitrogens is 2. The fourth-order valence-corrected chi connectivity index (χ4v) is 4.60. The quantitative estimate of drug-likeness (QED) is 0.554. The summed E-state index contributed by atoms with van der Waals surface area (Å²) in [6.07, 6.45) is 2.30. The van der Waals surface area contributed by atoms with E-state index in [1.807, 2.05) is 64.5 Å². The molecule has 0 atom stereocenters. The van der Waals surface area contributed by atoms with Crippen LogP contribution in [0.5, 0.6) is 0 Å². The largest absolute Gasteiger partial charge is 0.361 e. The van der Waals surface area contributed by atoms with Crippen molar-refractivity contribution in [2.24, 2.45) is 0 Å². The maximum Gasteiger partial charge on any atom is 0.270 e. The average molecular weight is 415 g/mol. The molecule has 1 aliphatic rings. The molecule has 2 aromatic heterocycles. The van der Waals surface area contributed by atoms with Crippen molar-refractivity contribution in [1.29, 1.82) is 0 Å². The van der Waals surface area contributed by atoms with Crippen LogP contribution in [-0.2, 0) is 17.8 Å². The van der Waals surface area contributed by atoms with Crippen LogP contribution in [0.1, 0.15) is 23.0 Å². The maximum atomic E-state index is 13.2. The van der Waals surface area contributed by atoms with Gasteiger partial charge in [0.15, 0.2) is 0 Å². The lowest BCUT2D eigenvalue weighted by Gasteiger charge is -2.35. The molecule has 1 aliphatic heterocycles. The number of rotatable bonds is 4. The molecule has 31 heavy (non-hydrogen) atoms. The van der Waals surface area contributed by atoms with Crippen LogP contribution in [0.25, 0.3) is 21.8 Å². The van der Waals surface area contributed by atoms with Gasteiger partial charge in [0, 0.05) is 60.7 Å². The highest BCUT2D eigenvalue weighted by atomic mass is 16.2. The molecule has 2 aromatic carbocycles. The van der Waals surface area contributed by atoms with Gasteiger partial charge in [0.05, 0.1) is 6.42 Å². The van der Waals surface area contributed by atoms with Crippen molar-refractivity contribution in [1.82, 2.24) is 19.4 Å². The van der Waals surface area contributed by atoms with Crippen LogP contribution < -0.4 is 0 Å². The zero-order chi connectivity index (χ0) is 21.4. The minimum atomic E-state index is 0.0433. The van der Waals surface area contributed by atoms with Crippen molar-refractivity contribution in [2.75, 3.05) is 26.2 Å². The summed E-state index contributed by atoms with van der Waals surface area (Å²) in [4.78, 5) is 33.1. The van der Waals surface area contributed by atoms with E-state index in [9.17, 15) is 9.59 Å². The number of carbonyl (C=O) groups is 2. The van der Waals surface area contributed by atoms with Crippen LogP contribution in [-0.4, -0.2) is 57.3 Å². The number of para-hydroxylation sites is 2. The lowest BCUT2D eigenvalue weighted by Crippen LogP contribution is -2.51. The van der Waals surface area contributed by atoms with Crippen molar-refractivity contribution in [3.8, 4) is 0 Å². The number of amides is 2. The van der Waals surface area contributed by atoms with E-state index >= 15 is 0 Å². The number of hydrogen-bond acceptors (Lipinski definition) is 2. The first-order valence-electron chi connectivity index (χ1n) is 10.9. The molecule has 0 aliphatic carbocycles. The number of hydrogen-bond donors (Lipinski definition) is 1. The molecule has 1 N–H and O–H groups in total. The van der Waals surface area contributed by atoms with Crippen molar-refractivity contribution in [3.63, 3.8) is 0 Å². The second-order valence-electron chi connectivity index (χ2n) is 8.04. The molecule has 0 saturated carbocycles.